The zero-order valence-electron chi connectivity index (χ0n) is 11.6. The lowest BCUT2D eigenvalue weighted by Crippen LogP contribution is -2.04. The van der Waals surface area contributed by atoms with Crippen molar-refractivity contribution in [3.8, 4) is 11.6 Å². The molecule has 2 rings (SSSR count). The third-order valence-corrected chi connectivity index (χ3v) is 2.94. The number of aromatic nitrogens is 2. The van der Waals surface area contributed by atoms with E-state index in [1.54, 1.807) is 30.7 Å². The maximum absolute atomic E-state index is 11.0. The van der Waals surface area contributed by atoms with Crippen LogP contribution in [-0.4, -0.2) is 21.5 Å². The van der Waals surface area contributed by atoms with Crippen molar-refractivity contribution in [3.63, 3.8) is 0 Å². The van der Waals surface area contributed by atoms with Crippen LogP contribution in [-0.2, 0) is 13.6 Å². The lowest BCUT2D eigenvalue weighted by Gasteiger charge is -2.06. The highest BCUT2D eigenvalue weighted by Crippen LogP contribution is 2.31. The van der Waals surface area contributed by atoms with E-state index in [0.717, 1.165) is 12.1 Å². The van der Waals surface area contributed by atoms with Crippen molar-refractivity contribution >= 4 is 5.82 Å². The van der Waals surface area contributed by atoms with Gasteiger partial charge in [-0.15, -0.1) is 0 Å². The van der Waals surface area contributed by atoms with Crippen molar-refractivity contribution in [2.75, 3.05) is 7.05 Å². The molecule has 0 aliphatic rings. The van der Waals surface area contributed by atoms with Crippen molar-refractivity contribution in [1.29, 1.82) is 0 Å². The average Bonchev–Trinajstić information content (AvgIpc) is 2.70. The van der Waals surface area contributed by atoms with E-state index in [0.29, 0.717) is 11.6 Å². The van der Waals surface area contributed by atoms with Gasteiger partial charge in [0.2, 0.25) is 5.82 Å². The molecule has 0 radical (unpaired) electrons. The van der Waals surface area contributed by atoms with Gasteiger partial charge in [0.05, 0.1) is 0 Å². The van der Waals surface area contributed by atoms with Gasteiger partial charge in [-0.25, -0.2) is 0 Å². The summed E-state index contributed by atoms with van der Waals surface area (Å²) in [7, 11) is 3.55. The predicted octanol–water partition coefficient (Wildman–Crippen LogP) is 2.15. The highest BCUT2D eigenvalue weighted by molar-refractivity contribution is 5.40. The number of ether oxygens (including phenoxy) is 1. The van der Waals surface area contributed by atoms with Crippen molar-refractivity contribution in [1.82, 2.24) is 14.9 Å². The van der Waals surface area contributed by atoms with Crippen LogP contribution in [0.15, 0.2) is 24.3 Å². The zero-order chi connectivity index (χ0) is 14.7. The number of nitrogens with one attached hydrogen (secondary N) is 1. The number of hydrogen-bond donors (Lipinski definition) is 1. The molecule has 0 unspecified atom stereocenters. The summed E-state index contributed by atoms with van der Waals surface area (Å²) >= 11 is 0. The average molecular weight is 276 g/mol. The van der Waals surface area contributed by atoms with Gasteiger partial charge in [0.15, 0.2) is 0 Å². The van der Waals surface area contributed by atoms with Crippen molar-refractivity contribution < 1.29 is 9.66 Å². The van der Waals surface area contributed by atoms with E-state index in [1.807, 2.05) is 19.2 Å². The molecule has 0 saturated carbocycles. The Morgan fingerprint density at radius 1 is 1.40 bits per heavy atom. The minimum atomic E-state index is -0.544. The number of nitrogens with zero attached hydrogens (tertiary/aromatic N) is 3. The highest BCUT2D eigenvalue weighted by Gasteiger charge is 2.25. The van der Waals surface area contributed by atoms with Gasteiger partial charge in [-0.1, -0.05) is 12.1 Å². The normalized spacial score (nSPS) is 10.6. The highest BCUT2D eigenvalue weighted by atomic mass is 16.6. The second kappa shape index (κ2) is 5.70. The van der Waals surface area contributed by atoms with Crippen LogP contribution in [0, 0.1) is 17.0 Å². The molecular weight excluding hydrogens is 260 g/mol. The molecule has 0 bridgehead atoms. The molecule has 106 valence electrons. The lowest BCUT2D eigenvalue weighted by atomic mass is 10.2. The third-order valence-electron chi connectivity index (χ3n) is 2.94. The molecule has 0 aliphatic heterocycles. The first kappa shape index (κ1) is 14.0. The van der Waals surface area contributed by atoms with Crippen LogP contribution in [0.25, 0.3) is 0 Å². The van der Waals surface area contributed by atoms with Gasteiger partial charge < -0.3 is 20.2 Å². The second-order valence-electron chi connectivity index (χ2n) is 4.38. The standard InChI is InChI=1S/C13H16N4O3/c1-9-15-12(17(18)19)13(16(9)3)20-11-6-4-10(5-7-11)8-14-2/h4-7,14H,8H2,1-3H3. The van der Waals surface area contributed by atoms with E-state index < -0.39 is 4.92 Å². The zero-order valence-corrected chi connectivity index (χ0v) is 11.6. The first-order valence-electron chi connectivity index (χ1n) is 6.12. The first-order valence-corrected chi connectivity index (χ1v) is 6.12. The van der Waals surface area contributed by atoms with Crippen LogP contribution in [0.1, 0.15) is 11.4 Å². The van der Waals surface area contributed by atoms with E-state index in [9.17, 15) is 10.1 Å². The Kier molecular flexibility index (Phi) is 3.99. The molecule has 20 heavy (non-hydrogen) atoms. The maximum atomic E-state index is 11.0. The van der Waals surface area contributed by atoms with E-state index in [-0.39, 0.29) is 11.7 Å². The van der Waals surface area contributed by atoms with E-state index >= 15 is 0 Å². The van der Waals surface area contributed by atoms with Crippen LogP contribution >= 0.6 is 0 Å². The SMILES string of the molecule is CNCc1ccc(Oc2c([N+](=O)[O-])nc(C)n2C)cc1. The van der Waals surface area contributed by atoms with Crippen LogP contribution < -0.4 is 10.1 Å². The van der Waals surface area contributed by atoms with Crippen molar-refractivity contribution in [3.05, 3.63) is 45.8 Å². The van der Waals surface area contributed by atoms with Crippen LogP contribution in [0.2, 0.25) is 0 Å². The van der Waals surface area contributed by atoms with Gasteiger partial charge in [0.1, 0.15) is 5.75 Å². The Hall–Kier alpha value is -2.41. The Balaban J connectivity index is 2.27. The molecule has 1 aromatic heterocycles. The van der Waals surface area contributed by atoms with E-state index in [4.69, 9.17) is 4.74 Å². The summed E-state index contributed by atoms with van der Waals surface area (Å²) in [5.41, 5.74) is 1.11. The smallest absolute Gasteiger partial charge is 0.427 e. The summed E-state index contributed by atoms with van der Waals surface area (Å²) in [4.78, 5) is 14.3. The maximum Gasteiger partial charge on any atom is 0.427 e. The molecule has 0 aliphatic carbocycles. The Bertz CT molecular complexity index is 619. The number of nitro groups is 1. The Labute approximate surface area is 116 Å². The number of aryl methyl sites for hydroxylation is 1. The molecule has 0 atom stereocenters. The van der Waals surface area contributed by atoms with Gasteiger partial charge in [0, 0.05) is 20.5 Å². The summed E-state index contributed by atoms with van der Waals surface area (Å²) < 4.78 is 7.15. The lowest BCUT2D eigenvalue weighted by molar-refractivity contribution is -0.390. The van der Waals surface area contributed by atoms with Crippen LogP contribution in [0.4, 0.5) is 5.82 Å². The Morgan fingerprint density at radius 3 is 2.60 bits per heavy atom. The van der Waals surface area contributed by atoms with Crippen molar-refractivity contribution in [2.45, 2.75) is 13.5 Å². The summed E-state index contributed by atoms with van der Waals surface area (Å²) in [6, 6.07) is 7.36. The van der Waals surface area contributed by atoms with Crippen molar-refractivity contribution in [2.24, 2.45) is 7.05 Å². The third kappa shape index (κ3) is 2.77. The minimum absolute atomic E-state index is 0.133. The van der Waals surface area contributed by atoms with E-state index in [2.05, 4.69) is 10.3 Å². The molecule has 1 aromatic carbocycles. The van der Waals surface area contributed by atoms with E-state index in [1.165, 1.54) is 0 Å². The molecule has 0 spiro atoms. The number of imidazole rings is 1. The van der Waals surface area contributed by atoms with Gasteiger partial charge in [0.25, 0.3) is 0 Å². The number of benzene rings is 1. The first-order chi connectivity index (χ1) is 9.52. The fraction of sp³-hybridized carbons (Fsp3) is 0.308. The van der Waals surface area contributed by atoms with Crippen LogP contribution in [0.3, 0.4) is 0 Å². The molecule has 1 heterocycles. The molecule has 0 fully saturated rings. The summed E-state index contributed by atoms with van der Waals surface area (Å²) in [6.45, 7) is 2.45. The number of hydrogen-bond acceptors (Lipinski definition) is 5. The molecule has 7 heteroatoms. The monoisotopic (exact) mass is 276 g/mol. The second-order valence-corrected chi connectivity index (χ2v) is 4.38. The minimum Gasteiger partial charge on any atom is -0.434 e. The van der Waals surface area contributed by atoms with Gasteiger partial charge in [-0.05, 0) is 34.7 Å². The molecule has 0 saturated heterocycles. The topological polar surface area (TPSA) is 82.2 Å². The number of rotatable bonds is 5. The summed E-state index contributed by atoms with van der Waals surface area (Å²) in [5.74, 6) is 0.924. The fourth-order valence-corrected chi connectivity index (χ4v) is 1.80. The molecule has 7 nitrogen and oxygen atoms in total. The molecule has 0 amide bonds. The predicted molar refractivity (Wildman–Crippen MR) is 73.9 cm³/mol. The summed E-state index contributed by atoms with van der Waals surface area (Å²) in [5, 5.41) is 14.0. The van der Waals surface area contributed by atoms with Gasteiger partial charge in [-0.3, -0.25) is 4.57 Å². The fourth-order valence-electron chi connectivity index (χ4n) is 1.80. The molecule has 1 N–H and O–H groups in total. The molecular formula is C13H16N4O3. The van der Waals surface area contributed by atoms with Gasteiger partial charge in [-0.2, -0.15) is 0 Å². The van der Waals surface area contributed by atoms with Gasteiger partial charge >= 0.3 is 11.7 Å². The summed E-state index contributed by atoms with van der Waals surface area (Å²) in [6.07, 6.45) is 0. The quantitative estimate of drug-likeness (QED) is 0.668. The largest absolute Gasteiger partial charge is 0.434 e. The molecule has 2 aromatic rings. The van der Waals surface area contributed by atoms with Crippen LogP contribution in [0.5, 0.6) is 11.6 Å². The Morgan fingerprint density at radius 2 is 2.05 bits per heavy atom.